The van der Waals surface area contributed by atoms with Gasteiger partial charge < -0.3 is 15.9 Å². The monoisotopic (exact) mass is 362 g/mol. The predicted octanol–water partition coefficient (Wildman–Crippen LogP) is 1.05. The Labute approximate surface area is 132 Å². The average molecular weight is 362 g/mol. The maximum Gasteiger partial charge on any atom is 0.434 e. The fraction of sp³-hybridized carbons (Fsp3) is 0.667. The second-order valence-electron chi connectivity index (χ2n) is 5.10. The molecule has 12 heteroatoms. The van der Waals surface area contributed by atoms with Gasteiger partial charge in [0, 0.05) is 13.1 Å². The van der Waals surface area contributed by atoms with E-state index in [1.807, 2.05) is 0 Å². The largest absolute Gasteiger partial charge is 0.434 e. The van der Waals surface area contributed by atoms with Crippen LogP contribution in [0.1, 0.15) is 12.1 Å². The van der Waals surface area contributed by atoms with E-state index in [4.69, 9.17) is 15.9 Å². The number of nitrogens with two attached hydrogens (primary N) is 1. The first-order valence-electron chi connectivity index (χ1n) is 6.68. The van der Waals surface area contributed by atoms with E-state index in [2.05, 4.69) is 9.97 Å². The van der Waals surface area contributed by atoms with Crippen LogP contribution in [-0.2, 0) is 6.18 Å². The van der Waals surface area contributed by atoms with Gasteiger partial charge in [-0.05, 0) is 6.42 Å². The molecule has 1 aliphatic rings. The standard InChI is InChI=1S/C7H12F3NO2.C5H4F3N3/c8-7(9,10)4-11-2-1-5(12)6(13)3-11;6-5(7,8)3-1-10-2-4(9)11-3/h5-6,12-13H,1-4H2;1-2H,(H2,9,11). The van der Waals surface area contributed by atoms with Crippen LogP contribution in [0.4, 0.5) is 32.2 Å². The highest BCUT2D eigenvalue weighted by Gasteiger charge is 2.35. The minimum Gasteiger partial charge on any atom is -0.390 e. The number of anilines is 1. The summed E-state index contributed by atoms with van der Waals surface area (Å²) in [7, 11) is 0. The van der Waals surface area contributed by atoms with Crippen molar-refractivity contribution in [3.05, 3.63) is 18.1 Å². The third-order valence-corrected chi connectivity index (χ3v) is 2.98. The minimum atomic E-state index is -4.47. The van der Waals surface area contributed by atoms with Crippen molar-refractivity contribution >= 4 is 5.82 Å². The van der Waals surface area contributed by atoms with Crippen molar-refractivity contribution in [1.29, 1.82) is 0 Å². The van der Waals surface area contributed by atoms with Gasteiger partial charge >= 0.3 is 12.4 Å². The summed E-state index contributed by atoms with van der Waals surface area (Å²) in [5, 5.41) is 18.1. The fourth-order valence-corrected chi connectivity index (χ4v) is 1.90. The van der Waals surface area contributed by atoms with Gasteiger partial charge in [-0.25, -0.2) is 4.98 Å². The molecule has 2 rings (SSSR count). The Morgan fingerprint density at radius 2 is 1.75 bits per heavy atom. The van der Waals surface area contributed by atoms with Crippen LogP contribution in [0.2, 0.25) is 0 Å². The zero-order chi connectivity index (χ0) is 18.5. The Morgan fingerprint density at radius 3 is 2.17 bits per heavy atom. The predicted molar refractivity (Wildman–Crippen MR) is 70.6 cm³/mol. The maximum absolute atomic E-state index is 11.9. The van der Waals surface area contributed by atoms with Crippen molar-refractivity contribution < 1.29 is 36.6 Å². The van der Waals surface area contributed by atoms with E-state index >= 15 is 0 Å². The van der Waals surface area contributed by atoms with Crippen molar-refractivity contribution in [2.45, 2.75) is 31.0 Å². The van der Waals surface area contributed by atoms with E-state index in [0.717, 1.165) is 11.1 Å². The Balaban J connectivity index is 0.000000243. The van der Waals surface area contributed by atoms with Crippen LogP contribution in [0.5, 0.6) is 0 Å². The smallest absolute Gasteiger partial charge is 0.390 e. The first-order valence-corrected chi connectivity index (χ1v) is 6.68. The van der Waals surface area contributed by atoms with Gasteiger partial charge in [0.2, 0.25) is 0 Å². The summed E-state index contributed by atoms with van der Waals surface area (Å²) >= 11 is 0. The molecule has 0 bridgehead atoms. The van der Waals surface area contributed by atoms with E-state index in [1.54, 1.807) is 0 Å². The molecular weight excluding hydrogens is 346 g/mol. The summed E-state index contributed by atoms with van der Waals surface area (Å²) in [6.45, 7) is -0.949. The highest BCUT2D eigenvalue weighted by atomic mass is 19.4. The molecule has 1 saturated heterocycles. The van der Waals surface area contributed by atoms with Crippen LogP contribution in [0.3, 0.4) is 0 Å². The molecule has 138 valence electrons. The van der Waals surface area contributed by atoms with Gasteiger partial charge in [-0.3, -0.25) is 9.88 Å². The Bertz CT molecular complexity index is 525. The van der Waals surface area contributed by atoms with Crippen LogP contribution in [0.25, 0.3) is 0 Å². The Kier molecular flexibility index (Phi) is 6.75. The normalized spacial score (nSPS) is 22.7. The number of piperidine rings is 1. The van der Waals surface area contributed by atoms with Crippen LogP contribution >= 0.6 is 0 Å². The molecule has 4 N–H and O–H groups in total. The number of β-amino-alcohol motifs (C(OH)–C–C–N with tert-alkyl or cyclic N) is 1. The molecule has 1 aromatic heterocycles. The Morgan fingerprint density at radius 1 is 1.12 bits per heavy atom. The zero-order valence-electron chi connectivity index (χ0n) is 12.2. The number of aromatic nitrogens is 2. The number of hydrogen-bond donors (Lipinski definition) is 3. The summed E-state index contributed by atoms with van der Waals surface area (Å²) in [5.41, 5.74) is 3.91. The highest BCUT2D eigenvalue weighted by Crippen LogP contribution is 2.26. The van der Waals surface area contributed by atoms with Gasteiger partial charge in [0.1, 0.15) is 5.82 Å². The fourth-order valence-electron chi connectivity index (χ4n) is 1.90. The number of alkyl halides is 6. The highest BCUT2D eigenvalue weighted by molar-refractivity contribution is 5.24. The Hall–Kier alpha value is -1.66. The molecule has 0 radical (unpaired) electrons. The molecule has 0 saturated carbocycles. The van der Waals surface area contributed by atoms with Gasteiger partial charge in [-0.1, -0.05) is 0 Å². The number of aliphatic hydroxyl groups is 2. The third kappa shape index (κ3) is 7.27. The first kappa shape index (κ1) is 20.4. The first-order chi connectivity index (χ1) is 10.9. The van der Waals surface area contributed by atoms with Crippen LogP contribution < -0.4 is 5.73 Å². The van der Waals surface area contributed by atoms with Crippen molar-refractivity contribution in [2.75, 3.05) is 25.4 Å². The number of nitrogen functional groups attached to an aromatic ring is 1. The van der Waals surface area contributed by atoms with Gasteiger partial charge in [-0.15, -0.1) is 0 Å². The molecule has 0 aromatic carbocycles. The quantitative estimate of drug-likeness (QED) is 0.647. The molecular formula is C12H16F6N4O2. The van der Waals surface area contributed by atoms with Crippen LogP contribution in [0.15, 0.2) is 12.4 Å². The minimum absolute atomic E-state index is 0.110. The van der Waals surface area contributed by atoms with Crippen molar-refractivity contribution in [3.63, 3.8) is 0 Å². The van der Waals surface area contributed by atoms with E-state index < -0.39 is 36.8 Å². The average Bonchev–Trinajstić information content (AvgIpc) is 2.41. The number of aliphatic hydroxyl groups excluding tert-OH is 2. The van der Waals surface area contributed by atoms with Crippen molar-refractivity contribution in [1.82, 2.24) is 14.9 Å². The molecule has 2 heterocycles. The van der Waals surface area contributed by atoms with Gasteiger partial charge in [-0.2, -0.15) is 26.3 Å². The van der Waals surface area contributed by atoms with Crippen molar-refractivity contribution in [3.8, 4) is 0 Å². The van der Waals surface area contributed by atoms with Crippen LogP contribution in [-0.4, -0.2) is 63.1 Å². The zero-order valence-corrected chi connectivity index (χ0v) is 12.2. The van der Waals surface area contributed by atoms with E-state index in [9.17, 15) is 26.3 Å². The summed E-state index contributed by atoms with van der Waals surface area (Å²) in [6, 6.07) is 0. The summed E-state index contributed by atoms with van der Waals surface area (Å²) in [4.78, 5) is 7.37. The van der Waals surface area contributed by atoms with Crippen molar-refractivity contribution in [2.24, 2.45) is 0 Å². The van der Waals surface area contributed by atoms with Gasteiger partial charge in [0.25, 0.3) is 0 Å². The lowest BCUT2D eigenvalue weighted by Gasteiger charge is -2.33. The number of nitrogens with zero attached hydrogens (tertiary/aromatic N) is 3. The summed E-state index contributed by atoms with van der Waals surface area (Å²) in [5.74, 6) is -0.236. The van der Waals surface area contributed by atoms with E-state index in [1.165, 1.54) is 0 Å². The number of likely N-dealkylation sites (tertiary alicyclic amines) is 1. The number of halogens is 6. The molecule has 24 heavy (non-hydrogen) atoms. The van der Waals surface area contributed by atoms with Crippen LogP contribution in [0, 0.1) is 0 Å². The molecule has 6 nitrogen and oxygen atoms in total. The topological polar surface area (TPSA) is 95.5 Å². The second-order valence-corrected chi connectivity index (χ2v) is 5.10. The molecule has 2 atom stereocenters. The SMILES string of the molecule is Nc1cncc(C(F)(F)F)n1.OC1CCN(CC(F)(F)F)CC1O. The van der Waals surface area contributed by atoms with E-state index in [0.29, 0.717) is 6.20 Å². The maximum atomic E-state index is 11.9. The molecule has 1 aliphatic heterocycles. The molecule has 0 aliphatic carbocycles. The van der Waals surface area contributed by atoms with Gasteiger partial charge in [0.05, 0.1) is 31.1 Å². The number of rotatable bonds is 1. The molecule has 0 spiro atoms. The molecule has 1 fully saturated rings. The molecule has 0 amide bonds. The number of hydrogen-bond acceptors (Lipinski definition) is 6. The second kappa shape index (κ2) is 7.94. The molecule has 2 unspecified atom stereocenters. The lowest BCUT2D eigenvalue weighted by atomic mass is 10.1. The summed E-state index contributed by atoms with van der Waals surface area (Å²) in [6.07, 6.45) is -8.78. The lowest BCUT2D eigenvalue weighted by molar-refractivity contribution is -0.157. The molecule has 1 aromatic rings. The van der Waals surface area contributed by atoms with E-state index in [-0.39, 0.29) is 25.3 Å². The lowest BCUT2D eigenvalue weighted by Crippen LogP contribution is -2.49. The third-order valence-electron chi connectivity index (χ3n) is 2.98. The van der Waals surface area contributed by atoms with Gasteiger partial charge in [0.15, 0.2) is 5.69 Å². The summed E-state index contributed by atoms with van der Waals surface area (Å²) < 4.78 is 71.1.